The molecule has 0 bridgehead atoms. The van der Waals surface area contributed by atoms with Crippen molar-refractivity contribution in [1.82, 2.24) is 29.6 Å². The molecule has 11 nitrogen and oxygen atoms in total. The minimum absolute atomic E-state index is 0.00533. The molecule has 1 saturated carbocycles. The average Bonchev–Trinajstić information content (AvgIpc) is 3.26. The number of halogens is 3. The van der Waals surface area contributed by atoms with E-state index in [0.717, 1.165) is 0 Å². The molecule has 37 heavy (non-hydrogen) atoms. The first-order valence-electron chi connectivity index (χ1n) is 11.2. The van der Waals surface area contributed by atoms with Crippen LogP contribution in [-0.2, 0) is 27.9 Å². The summed E-state index contributed by atoms with van der Waals surface area (Å²) in [6, 6.07) is 4.95. The molecule has 1 N–H and O–H groups in total. The van der Waals surface area contributed by atoms with E-state index in [9.17, 15) is 17.2 Å². The third kappa shape index (κ3) is 5.66. The van der Waals surface area contributed by atoms with E-state index in [1.54, 1.807) is 18.2 Å². The lowest BCUT2D eigenvalue weighted by Crippen LogP contribution is -2.38. The quantitative estimate of drug-likeness (QED) is 0.352. The van der Waals surface area contributed by atoms with Crippen molar-refractivity contribution >= 4 is 21.6 Å². The summed E-state index contributed by atoms with van der Waals surface area (Å²) in [5.74, 6) is -3.15. The number of nitrogens with zero attached hydrogens (tertiary/aromatic N) is 5. The molecule has 2 aromatic heterocycles. The lowest BCUT2D eigenvalue weighted by atomic mass is 9.80. The maximum atomic E-state index is 14.4. The molecule has 1 unspecified atom stereocenters. The van der Waals surface area contributed by atoms with Crippen LogP contribution in [-0.4, -0.2) is 58.5 Å². The van der Waals surface area contributed by atoms with Crippen molar-refractivity contribution in [3.63, 3.8) is 0 Å². The van der Waals surface area contributed by atoms with Gasteiger partial charge in [0.1, 0.15) is 35.4 Å². The lowest BCUT2D eigenvalue weighted by Gasteiger charge is -2.35. The van der Waals surface area contributed by atoms with Crippen LogP contribution in [0.5, 0.6) is 11.5 Å². The molecule has 0 amide bonds. The van der Waals surface area contributed by atoms with Gasteiger partial charge in [-0.2, -0.15) is 0 Å². The minimum atomic E-state index is -3.98. The van der Waals surface area contributed by atoms with Gasteiger partial charge in [-0.25, -0.2) is 27.2 Å². The van der Waals surface area contributed by atoms with Gasteiger partial charge in [-0.15, -0.1) is 10.2 Å². The summed E-state index contributed by atoms with van der Waals surface area (Å²) in [5, 5.41) is 7.42. The van der Waals surface area contributed by atoms with Crippen LogP contribution in [0.1, 0.15) is 43.2 Å². The Morgan fingerprint density at radius 3 is 2.38 bits per heavy atom. The first kappa shape index (κ1) is 27.1. The summed E-state index contributed by atoms with van der Waals surface area (Å²) in [6.45, 7) is 1.04. The van der Waals surface area contributed by atoms with Crippen molar-refractivity contribution in [2.75, 3.05) is 14.2 Å². The van der Waals surface area contributed by atoms with Crippen LogP contribution in [0.2, 0.25) is 5.02 Å². The molecule has 2 heterocycles. The number of methoxy groups -OCH3 is 2. The summed E-state index contributed by atoms with van der Waals surface area (Å²) in [4.78, 5) is 15.3. The normalized spacial score (nSPS) is 17.7. The molecule has 0 aliphatic heterocycles. The molecule has 0 saturated heterocycles. The van der Waals surface area contributed by atoms with Crippen molar-refractivity contribution in [2.45, 2.75) is 49.9 Å². The second kappa shape index (κ2) is 10.8. The molecule has 0 spiro atoms. The maximum absolute atomic E-state index is 14.4. The van der Waals surface area contributed by atoms with Crippen LogP contribution < -0.4 is 14.4 Å². The van der Waals surface area contributed by atoms with E-state index in [1.165, 1.54) is 38.1 Å². The van der Waals surface area contributed by atoms with E-state index < -0.39 is 33.7 Å². The zero-order valence-electron chi connectivity index (χ0n) is 20.2. The third-order valence-corrected chi connectivity index (χ3v) is 7.79. The van der Waals surface area contributed by atoms with Crippen LogP contribution in [0.25, 0.3) is 5.69 Å². The SMILES string of the molecule is COc1cccc(OC)c1-n1c(CONS(=O)(=O)C(C)Cc2ncc(Cl)cn2)nnc1[C@@H]1CCC1(F)F. The Bertz CT molecular complexity index is 1330. The van der Waals surface area contributed by atoms with Crippen molar-refractivity contribution in [3.05, 3.63) is 53.1 Å². The van der Waals surface area contributed by atoms with Crippen LogP contribution in [0.3, 0.4) is 0 Å². The lowest BCUT2D eigenvalue weighted by molar-refractivity contribution is -0.0995. The van der Waals surface area contributed by atoms with Gasteiger partial charge >= 0.3 is 0 Å². The second-order valence-electron chi connectivity index (χ2n) is 8.42. The van der Waals surface area contributed by atoms with E-state index in [0.29, 0.717) is 22.2 Å². The van der Waals surface area contributed by atoms with Gasteiger partial charge in [0.2, 0.25) is 10.0 Å². The van der Waals surface area contributed by atoms with E-state index in [-0.39, 0.29) is 36.7 Å². The molecule has 0 radical (unpaired) electrons. The Kier molecular flexibility index (Phi) is 7.92. The fourth-order valence-electron chi connectivity index (χ4n) is 3.84. The average molecular weight is 559 g/mol. The largest absolute Gasteiger partial charge is 0.494 e. The second-order valence-corrected chi connectivity index (χ2v) is 10.9. The third-order valence-electron chi connectivity index (χ3n) is 6.02. The molecule has 4 rings (SSSR count). The number of para-hydroxylation sites is 1. The zero-order valence-corrected chi connectivity index (χ0v) is 21.8. The summed E-state index contributed by atoms with van der Waals surface area (Å²) >= 11 is 5.76. The Morgan fingerprint density at radius 1 is 1.19 bits per heavy atom. The van der Waals surface area contributed by atoms with Gasteiger partial charge in [-0.3, -0.25) is 9.40 Å². The predicted molar refractivity (Wildman–Crippen MR) is 128 cm³/mol. The summed E-state index contributed by atoms with van der Waals surface area (Å²) in [6.07, 6.45) is 2.69. The number of nitrogens with one attached hydrogen (secondary N) is 1. The highest BCUT2D eigenvalue weighted by atomic mass is 35.5. The highest BCUT2D eigenvalue weighted by molar-refractivity contribution is 7.89. The van der Waals surface area contributed by atoms with Crippen LogP contribution in [0, 0.1) is 0 Å². The number of benzene rings is 1. The Labute approximate surface area is 217 Å². The highest BCUT2D eigenvalue weighted by Gasteiger charge is 2.52. The molecule has 1 aliphatic carbocycles. The van der Waals surface area contributed by atoms with Gasteiger partial charge in [0.15, 0.2) is 5.82 Å². The number of hydrogen-bond acceptors (Lipinski definition) is 9. The minimum Gasteiger partial charge on any atom is -0.494 e. The van der Waals surface area contributed by atoms with Crippen molar-refractivity contribution in [3.8, 4) is 17.2 Å². The Morgan fingerprint density at radius 2 is 1.84 bits per heavy atom. The number of ether oxygens (including phenoxy) is 2. The first-order valence-corrected chi connectivity index (χ1v) is 13.1. The van der Waals surface area contributed by atoms with E-state index in [2.05, 4.69) is 25.1 Å². The fraction of sp³-hybridized carbons (Fsp3) is 0.455. The Hall–Kier alpha value is -2.94. The predicted octanol–water partition coefficient (Wildman–Crippen LogP) is 3.22. The van der Waals surface area contributed by atoms with Gasteiger partial charge in [-0.1, -0.05) is 22.6 Å². The van der Waals surface area contributed by atoms with Gasteiger partial charge in [-0.05, 0) is 25.5 Å². The van der Waals surface area contributed by atoms with Gasteiger partial charge in [0.25, 0.3) is 5.92 Å². The van der Waals surface area contributed by atoms with E-state index in [1.807, 2.05) is 0 Å². The van der Waals surface area contributed by atoms with Crippen LogP contribution >= 0.6 is 11.6 Å². The number of alkyl halides is 2. The molecular weight excluding hydrogens is 534 g/mol. The van der Waals surface area contributed by atoms with Crippen molar-refractivity contribution < 1.29 is 31.5 Å². The summed E-state index contributed by atoms with van der Waals surface area (Å²) < 4.78 is 66.4. The van der Waals surface area contributed by atoms with Gasteiger partial charge < -0.3 is 9.47 Å². The molecule has 1 fully saturated rings. The topological polar surface area (TPSA) is 130 Å². The first-order chi connectivity index (χ1) is 17.6. The standard InChI is InChI=1S/C22H25ClF2N6O5S/c1-13(9-18-26-10-14(23)11-27-18)37(32,33)30-36-12-19-28-29-21(15-7-8-22(15,24)25)31(19)20-16(34-2)5-4-6-17(20)35-3/h4-6,10-11,13,15,30H,7-9,12H2,1-3H3/t13?,15-/m0/s1. The monoisotopic (exact) mass is 558 g/mol. The molecule has 1 aromatic carbocycles. The van der Waals surface area contributed by atoms with E-state index >= 15 is 0 Å². The smallest absolute Gasteiger partial charge is 0.258 e. The van der Waals surface area contributed by atoms with Gasteiger partial charge in [0.05, 0.1) is 30.4 Å². The summed E-state index contributed by atoms with van der Waals surface area (Å²) in [5.41, 5.74) is 0.296. The number of aromatic nitrogens is 5. The molecular formula is C22H25ClF2N6O5S. The number of sulfonamides is 1. The van der Waals surface area contributed by atoms with E-state index in [4.69, 9.17) is 25.9 Å². The van der Waals surface area contributed by atoms with Crippen molar-refractivity contribution in [1.29, 1.82) is 0 Å². The van der Waals surface area contributed by atoms with Gasteiger partial charge in [0, 0.05) is 25.2 Å². The fourth-order valence-corrected chi connectivity index (χ4v) is 4.69. The van der Waals surface area contributed by atoms with Crippen LogP contribution in [0.15, 0.2) is 30.6 Å². The van der Waals surface area contributed by atoms with Crippen molar-refractivity contribution in [2.24, 2.45) is 0 Å². The summed E-state index contributed by atoms with van der Waals surface area (Å²) in [7, 11) is -1.12. The maximum Gasteiger partial charge on any atom is 0.258 e. The molecule has 1 aliphatic rings. The molecule has 15 heteroatoms. The highest BCUT2D eigenvalue weighted by Crippen LogP contribution is 2.50. The molecule has 3 aromatic rings. The number of rotatable bonds is 11. The Balaban J connectivity index is 1.58. The molecule has 2 atom stereocenters. The molecule has 200 valence electrons. The zero-order chi connectivity index (χ0) is 26.8. The van der Waals surface area contributed by atoms with Crippen LogP contribution in [0.4, 0.5) is 8.78 Å². The number of hydrogen-bond donors (Lipinski definition) is 1.